The van der Waals surface area contributed by atoms with Crippen molar-refractivity contribution in [2.75, 3.05) is 27.2 Å². The van der Waals surface area contributed by atoms with Crippen molar-refractivity contribution in [3.05, 3.63) is 34.9 Å². The van der Waals surface area contributed by atoms with Gasteiger partial charge in [-0.25, -0.2) is 0 Å². The molecule has 0 aromatic heterocycles. The SMILES string of the molecule is CN(C)CCC(=O)NCC1(c2ccc(Cl)cc2)CCC1. The van der Waals surface area contributed by atoms with Crippen LogP contribution in [0.15, 0.2) is 24.3 Å². The van der Waals surface area contributed by atoms with Crippen LogP contribution < -0.4 is 5.32 Å². The van der Waals surface area contributed by atoms with Gasteiger partial charge < -0.3 is 10.2 Å². The van der Waals surface area contributed by atoms with Crippen molar-refractivity contribution in [3.63, 3.8) is 0 Å². The van der Waals surface area contributed by atoms with E-state index in [-0.39, 0.29) is 11.3 Å². The maximum atomic E-state index is 11.9. The number of carbonyl (C=O) groups is 1. The lowest BCUT2D eigenvalue weighted by Gasteiger charge is -2.42. The van der Waals surface area contributed by atoms with E-state index in [1.165, 1.54) is 12.0 Å². The molecule has 4 heteroatoms. The summed E-state index contributed by atoms with van der Waals surface area (Å²) in [5.74, 6) is 0.138. The van der Waals surface area contributed by atoms with Gasteiger partial charge in [0.05, 0.1) is 0 Å². The van der Waals surface area contributed by atoms with E-state index in [1.807, 2.05) is 31.1 Å². The third-order valence-corrected chi connectivity index (χ3v) is 4.43. The molecule has 0 saturated heterocycles. The Bertz CT molecular complexity index is 452. The largest absolute Gasteiger partial charge is 0.355 e. The summed E-state index contributed by atoms with van der Waals surface area (Å²) in [6.45, 7) is 1.53. The Morgan fingerprint density at radius 3 is 2.45 bits per heavy atom. The second kappa shape index (κ2) is 6.59. The van der Waals surface area contributed by atoms with Crippen LogP contribution in [0.25, 0.3) is 0 Å². The first kappa shape index (κ1) is 15.3. The lowest BCUT2D eigenvalue weighted by Crippen LogP contribution is -2.45. The molecule has 0 atom stereocenters. The van der Waals surface area contributed by atoms with Crippen LogP contribution >= 0.6 is 11.6 Å². The van der Waals surface area contributed by atoms with Gasteiger partial charge in [0.15, 0.2) is 0 Å². The molecule has 3 nitrogen and oxygen atoms in total. The molecule has 20 heavy (non-hydrogen) atoms. The van der Waals surface area contributed by atoms with Gasteiger partial charge in [0.1, 0.15) is 0 Å². The molecule has 1 aliphatic carbocycles. The van der Waals surface area contributed by atoms with E-state index in [1.54, 1.807) is 0 Å². The maximum Gasteiger partial charge on any atom is 0.221 e. The first-order valence-corrected chi connectivity index (χ1v) is 7.57. The van der Waals surface area contributed by atoms with Gasteiger partial charge in [0.25, 0.3) is 0 Å². The Labute approximate surface area is 126 Å². The van der Waals surface area contributed by atoms with E-state index in [2.05, 4.69) is 17.4 Å². The highest BCUT2D eigenvalue weighted by Crippen LogP contribution is 2.43. The number of nitrogens with zero attached hydrogens (tertiary/aromatic N) is 1. The normalized spacial score (nSPS) is 16.8. The molecule has 1 N–H and O–H groups in total. The Morgan fingerprint density at radius 1 is 1.30 bits per heavy atom. The fourth-order valence-corrected chi connectivity index (χ4v) is 2.78. The highest BCUT2D eigenvalue weighted by molar-refractivity contribution is 6.30. The zero-order chi connectivity index (χ0) is 14.6. The number of amides is 1. The molecule has 1 fully saturated rings. The summed E-state index contributed by atoms with van der Waals surface area (Å²) in [5.41, 5.74) is 1.42. The van der Waals surface area contributed by atoms with Crippen molar-refractivity contribution >= 4 is 17.5 Å². The highest BCUT2D eigenvalue weighted by Gasteiger charge is 2.38. The lowest BCUT2D eigenvalue weighted by atomic mass is 9.64. The van der Waals surface area contributed by atoms with Crippen LogP contribution in [0.1, 0.15) is 31.2 Å². The van der Waals surface area contributed by atoms with Gasteiger partial charge in [-0.15, -0.1) is 0 Å². The van der Waals surface area contributed by atoms with Crippen LogP contribution in [0, 0.1) is 0 Å². The van der Waals surface area contributed by atoms with Gasteiger partial charge in [0.2, 0.25) is 5.91 Å². The van der Waals surface area contributed by atoms with Crippen molar-refractivity contribution in [1.29, 1.82) is 0 Å². The van der Waals surface area contributed by atoms with Gasteiger partial charge >= 0.3 is 0 Å². The topological polar surface area (TPSA) is 32.3 Å². The summed E-state index contributed by atoms with van der Waals surface area (Å²) >= 11 is 5.95. The zero-order valence-electron chi connectivity index (χ0n) is 12.3. The summed E-state index contributed by atoms with van der Waals surface area (Å²) < 4.78 is 0. The smallest absolute Gasteiger partial charge is 0.221 e. The number of carbonyl (C=O) groups excluding carboxylic acids is 1. The second-order valence-corrected chi connectivity index (χ2v) is 6.41. The summed E-state index contributed by atoms with van der Waals surface area (Å²) in [4.78, 5) is 13.9. The molecule has 0 aliphatic heterocycles. The van der Waals surface area contributed by atoms with Crippen LogP contribution in [-0.4, -0.2) is 38.0 Å². The van der Waals surface area contributed by atoms with Crippen molar-refractivity contribution < 1.29 is 4.79 Å². The zero-order valence-corrected chi connectivity index (χ0v) is 13.0. The lowest BCUT2D eigenvalue weighted by molar-refractivity contribution is -0.121. The number of nitrogens with one attached hydrogen (secondary N) is 1. The average molecular weight is 295 g/mol. The average Bonchev–Trinajstić information content (AvgIpc) is 2.37. The minimum Gasteiger partial charge on any atom is -0.355 e. The van der Waals surface area contributed by atoms with Crippen LogP contribution in [0.3, 0.4) is 0 Å². The molecule has 0 unspecified atom stereocenters. The fraction of sp³-hybridized carbons (Fsp3) is 0.562. The maximum absolute atomic E-state index is 11.9. The third-order valence-electron chi connectivity index (χ3n) is 4.18. The molecule has 0 radical (unpaired) electrons. The van der Waals surface area contributed by atoms with Crippen molar-refractivity contribution in [2.24, 2.45) is 0 Å². The molecule has 1 amide bonds. The van der Waals surface area contributed by atoms with Crippen LogP contribution in [-0.2, 0) is 10.2 Å². The number of halogens is 1. The minimum atomic E-state index is 0.123. The van der Waals surface area contributed by atoms with E-state index in [0.717, 1.165) is 31.0 Å². The number of rotatable bonds is 6. The molecule has 0 heterocycles. The molecule has 0 spiro atoms. The highest BCUT2D eigenvalue weighted by atomic mass is 35.5. The van der Waals surface area contributed by atoms with Gasteiger partial charge in [-0.05, 0) is 44.6 Å². The standard InChI is InChI=1S/C16H23ClN2O/c1-19(2)11-8-15(20)18-12-16(9-3-10-16)13-4-6-14(17)7-5-13/h4-7H,3,8-12H2,1-2H3,(H,18,20). The second-order valence-electron chi connectivity index (χ2n) is 5.97. The van der Waals surface area contributed by atoms with Gasteiger partial charge in [0, 0.05) is 29.9 Å². The third kappa shape index (κ3) is 3.74. The quantitative estimate of drug-likeness (QED) is 0.875. The van der Waals surface area contributed by atoms with Crippen LogP contribution in [0.2, 0.25) is 5.02 Å². The molecule has 1 aliphatic rings. The van der Waals surface area contributed by atoms with Gasteiger partial charge in [-0.1, -0.05) is 30.2 Å². The molecule has 1 saturated carbocycles. The first-order valence-electron chi connectivity index (χ1n) is 7.19. The fourth-order valence-electron chi connectivity index (χ4n) is 2.66. The number of hydrogen-bond acceptors (Lipinski definition) is 2. The minimum absolute atomic E-state index is 0.123. The predicted octanol–water partition coefficient (Wildman–Crippen LogP) is 2.83. The molecular formula is C16H23ClN2O. The number of benzene rings is 1. The molecule has 1 aromatic carbocycles. The van der Waals surface area contributed by atoms with E-state index in [4.69, 9.17) is 11.6 Å². The van der Waals surface area contributed by atoms with Crippen molar-refractivity contribution in [3.8, 4) is 0 Å². The van der Waals surface area contributed by atoms with E-state index < -0.39 is 0 Å². The monoisotopic (exact) mass is 294 g/mol. The Balaban J connectivity index is 1.92. The summed E-state index contributed by atoms with van der Waals surface area (Å²) in [5, 5.41) is 3.86. The summed E-state index contributed by atoms with van der Waals surface area (Å²) in [7, 11) is 3.96. The van der Waals surface area contributed by atoms with Crippen molar-refractivity contribution in [1.82, 2.24) is 10.2 Å². The number of hydrogen-bond donors (Lipinski definition) is 1. The Kier molecular flexibility index (Phi) is 5.06. The predicted molar refractivity (Wildman–Crippen MR) is 83.2 cm³/mol. The first-order chi connectivity index (χ1) is 9.52. The van der Waals surface area contributed by atoms with Crippen molar-refractivity contribution in [2.45, 2.75) is 31.1 Å². The molecule has 0 bridgehead atoms. The van der Waals surface area contributed by atoms with E-state index >= 15 is 0 Å². The molecule has 2 rings (SSSR count). The van der Waals surface area contributed by atoms with Gasteiger partial charge in [-0.3, -0.25) is 4.79 Å². The van der Waals surface area contributed by atoms with Crippen LogP contribution in [0.4, 0.5) is 0 Å². The van der Waals surface area contributed by atoms with E-state index in [0.29, 0.717) is 6.42 Å². The Hall–Kier alpha value is -1.06. The summed E-state index contributed by atoms with van der Waals surface area (Å²) in [6.07, 6.45) is 4.07. The molecular weight excluding hydrogens is 272 g/mol. The van der Waals surface area contributed by atoms with E-state index in [9.17, 15) is 4.79 Å². The Morgan fingerprint density at radius 2 is 1.95 bits per heavy atom. The van der Waals surface area contributed by atoms with Gasteiger partial charge in [-0.2, -0.15) is 0 Å². The molecule has 110 valence electrons. The summed E-state index contributed by atoms with van der Waals surface area (Å²) in [6, 6.07) is 8.05. The molecule has 1 aromatic rings. The van der Waals surface area contributed by atoms with Crippen LogP contribution in [0.5, 0.6) is 0 Å².